The lowest BCUT2D eigenvalue weighted by atomic mass is 9.95. The van der Waals surface area contributed by atoms with Crippen LogP contribution in [0.15, 0.2) is 53.0 Å². The smallest absolute Gasteiger partial charge is 0.230 e. The highest BCUT2D eigenvalue weighted by atomic mass is 32.1. The fourth-order valence-electron chi connectivity index (χ4n) is 4.47. The second-order valence-electron chi connectivity index (χ2n) is 8.19. The molecular formula is C25H30N2O5S. The third-order valence-corrected chi connectivity index (χ3v) is 7.31. The summed E-state index contributed by atoms with van der Waals surface area (Å²) in [6.45, 7) is 3.50. The maximum Gasteiger partial charge on any atom is 0.230 e. The van der Waals surface area contributed by atoms with Crippen LogP contribution in [0.5, 0.6) is 0 Å². The van der Waals surface area contributed by atoms with E-state index < -0.39 is 0 Å². The summed E-state index contributed by atoms with van der Waals surface area (Å²) in [6.07, 6.45) is 2.76. The minimum absolute atomic E-state index is 0.0646. The highest BCUT2D eigenvalue weighted by Gasteiger charge is 2.33. The molecule has 1 aromatic heterocycles. The second-order valence-corrected chi connectivity index (χ2v) is 9.10. The molecule has 2 aromatic rings. The normalized spacial score (nSPS) is 19.4. The van der Waals surface area contributed by atoms with E-state index in [1.54, 1.807) is 32.7 Å². The molecule has 1 aliphatic carbocycles. The van der Waals surface area contributed by atoms with Gasteiger partial charge in [-0.2, -0.15) is 0 Å². The SMILES string of the molecule is COC1=CC(C(=O)N2CCN(CCC(=O)c3csc4ccccc34)CC2)CC(OC)=C1OC. The fraction of sp³-hybridized carbons (Fsp3) is 0.440. The molecule has 0 N–H and O–H groups in total. The van der Waals surface area contributed by atoms with E-state index in [0.717, 1.165) is 28.7 Å². The molecule has 1 aromatic carbocycles. The van der Waals surface area contributed by atoms with E-state index in [-0.39, 0.29) is 17.6 Å². The summed E-state index contributed by atoms with van der Waals surface area (Å²) in [6, 6.07) is 8.03. The van der Waals surface area contributed by atoms with Crippen LogP contribution in [0, 0.1) is 5.92 Å². The first-order valence-electron chi connectivity index (χ1n) is 11.1. The number of amides is 1. The maximum atomic E-state index is 13.2. The Morgan fingerprint density at radius 1 is 1.03 bits per heavy atom. The van der Waals surface area contributed by atoms with Gasteiger partial charge in [0.15, 0.2) is 17.3 Å². The Bertz CT molecular complexity index is 1080. The first-order valence-corrected chi connectivity index (χ1v) is 12.0. The molecular weight excluding hydrogens is 440 g/mol. The van der Waals surface area contributed by atoms with Gasteiger partial charge in [-0.3, -0.25) is 14.5 Å². The van der Waals surface area contributed by atoms with Gasteiger partial charge in [-0.05, 0) is 12.1 Å². The zero-order valence-corrected chi connectivity index (χ0v) is 20.2. The molecule has 1 aliphatic heterocycles. The molecule has 33 heavy (non-hydrogen) atoms. The first kappa shape index (κ1) is 23.3. The molecule has 0 bridgehead atoms. The van der Waals surface area contributed by atoms with Crippen LogP contribution in [0.1, 0.15) is 23.2 Å². The lowest BCUT2D eigenvalue weighted by molar-refractivity contribution is -0.136. The number of rotatable bonds is 8. The van der Waals surface area contributed by atoms with Crippen molar-refractivity contribution in [1.29, 1.82) is 0 Å². The second kappa shape index (κ2) is 10.4. The largest absolute Gasteiger partial charge is 0.497 e. The molecule has 7 nitrogen and oxygen atoms in total. The van der Waals surface area contributed by atoms with Crippen molar-refractivity contribution in [3.8, 4) is 0 Å². The van der Waals surface area contributed by atoms with Gasteiger partial charge in [0.2, 0.25) is 5.91 Å². The number of ether oxygens (including phenoxy) is 3. The number of carbonyl (C=O) groups excluding carboxylic acids is 2. The summed E-state index contributed by atoms with van der Waals surface area (Å²) in [7, 11) is 4.70. The number of piperazine rings is 1. The molecule has 4 rings (SSSR count). The molecule has 0 saturated carbocycles. The van der Waals surface area contributed by atoms with Gasteiger partial charge < -0.3 is 19.1 Å². The van der Waals surface area contributed by atoms with E-state index in [9.17, 15) is 9.59 Å². The van der Waals surface area contributed by atoms with Gasteiger partial charge in [-0.25, -0.2) is 0 Å². The maximum absolute atomic E-state index is 13.2. The quantitative estimate of drug-likeness (QED) is 0.549. The number of carbonyl (C=O) groups is 2. The van der Waals surface area contributed by atoms with Crippen molar-refractivity contribution in [1.82, 2.24) is 9.80 Å². The number of hydrogen-bond donors (Lipinski definition) is 0. The average Bonchev–Trinajstić information content (AvgIpc) is 3.30. The number of Topliss-reactive ketones (excluding diaryl/α,β-unsaturated/α-hetero) is 1. The van der Waals surface area contributed by atoms with Crippen molar-refractivity contribution in [2.24, 2.45) is 5.92 Å². The van der Waals surface area contributed by atoms with Gasteiger partial charge in [-0.1, -0.05) is 18.2 Å². The van der Waals surface area contributed by atoms with Crippen LogP contribution in [-0.4, -0.2) is 75.5 Å². The number of allylic oxidation sites excluding steroid dienone is 1. The molecule has 0 radical (unpaired) electrons. The Labute approximate surface area is 198 Å². The van der Waals surface area contributed by atoms with Crippen molar-refractivity contribution in [2.75, 3.05) is 54.1 Å². The van der Waals surface area contributed by atoms with Crippen molar-refractivity contribution >= 4 is 33.1 Å². The van der Waals surface area contributed by atoms with Crippen molar-refractivity contribution in [2.45, 2.75) is 12.8 Å². The lowest BCUT2D eigenvalue weighted by Gasteiger charge is -2.36. The minimum atomic E-state index is -0.339. The first-order chi connectivity index (χ1) is 16.0. The van der Waals surface area contributed by atoms with Crippen molar-refractivity contribution < 1.29 is 23.8 Å². The zero-order valence-electron chi connectivity index (χ0n) is 19.3. The molecule has 1 amide bonds. The van der Waals surface area contributed by atoms with Crippen LogP contribution in [0.2, 0.25) is 0 Å². The Balaban J connectivity index is 1.30. The van der Waals surface area contributed by atoms with E-state index in [4.69, 9.17) is 14.2 Å². The third-order valence-electron chi connectivity index (χ3n) is 6.34. The fourth-order valence-corrected chi connectivity index (χ4v) is 5.44. The Morgan fingerprint density at radius 3 is 2.48 bits per heavy atom. The molecule has 2 heterocycles. The van der Waals surface area contributed by atoms with Gasteiger partial charge >= 0.3 is 0 Å². The number of benzene rings is 1. The van der Waals surface area contributed by atoms with Crippen LogP contribution >= 0.6 is 11.3 Å². The van der Waals surface area contributed by atoms with Crippen molar-refractivity contribution in [3.63, 3.8) is 0 Å². The van der Waals surface area contributed by atoms with Gasteiger partial charge in [0.05, 0.1) is 27.2 Å². The summed E-state index contributed by atoms with van der Waals surface area (Å²) in [4.78, 5) is 30.1. The highest BCUT2D eigenvalue weighted by Crippen LogP contribution is 2.31. The Kier molecular flexibility index (Phi) is 7.35. The summed E-state index contributed by atoms with van der Waals surface area (Å²) < 4.78 is 17.4. The van der Waals surface area contributed by atoms with Crippen LogP contribution in [-0.2, 0) is 19.0 Å². The van der Waals surface area contributed by atoms with E-state index in [1.807, 2.05) is 40.6 Å². The van der Waals surface area contributed by atoms with Crippen LogP contribution in [0.4, 0.5) is 0 Å². The predicted octanol–water partition coefficient (Wildman–Crippen LogP) is 3.67. The van der Waals surface area contributed by atoms with Crippen LogP contribution in [0.25, 0.3) is 10.1 Å². The summed E-state index contributed by atoms with van der Waals surface area (Å²) in [5.74, 6) is 1.59. The number of nitrogens with zero attached hydrogens (tertiary/aromatic N) is 2. The monoisotopic (exact) mass is 470 g/mol. The molecule has 0 spiro atoms. The number of fused-ring (bicyclic) bond motifs is 1. The molecule has 176 valence electrons. The van der Waals surface area contributed by atoms with Gasteiger partial charge in [0.25, 0.3) is 0 Å². The van der Waals surface area contributed by atoms with Crippen LogP contribution in [0.3, 0.4) is 0 Å². The predicted molar refractivity (Wildman–Crippen MR) is 128 cm³/mol. The van der Waals surface area contributed by atoms with E-state index in [0.29, 0.717) is 49.8 Å². The number of hydrogen-bond acceptors (Lipinski definition) is 7. The Morgan fingerprint density at radius 2 is 1.79 bits per heavy atom. The molecule has 2 aliphatic rings. The van der Waals surface area contributed by atoms with Crippen molar-refractivity contribution in [3.05, 3.63) is 58.6 Å². The van der Waals surface area contributed by atoms with E-state index in [2.05, 4.69) is 4.90 Å². The molecule has 1 saturated heterocycles. The van der Waals surface area contributed by atoms with E-state index in [1.165, 1.54) is 0 Å². The van der Waals surface area contributed by atoms with Gasteiger partial charge in [-0.15, -0.1) is 11.3 Å². The average molecular weight is 471 g/mol. The summed E-state index contributed by atoms with van der Waals surface area (Å²) in [5, 5.41) is 3.01. The highest BCUT2D eigenvalue weighted by molar-refractivity contribution is 7.17. The third kappa shape index (κ3) is 4.91. The topological polar surface area (TPSA) is 68.3 Å². The Hall–Kier alpha value is -2.84. The number of methoxy groups -OCH3 is 3. The molecule has 1 fully saturated rings. The van der Waals surface area contributed by atoms with Crippen LogP contribution < -0.4 is 0 Å². The number of ketones is 1. The summed E-state index contributed by atoms with van der Waals surface area (Å²) in [5.41, 5.74) is 0.819. The van der Waals surface area contributed by atoms with E-state index >= 15 is 0 Å². The standard InChI is InChI=1S/C25H30N2O5S/c1-30-21-14-17(15-22(31-2)24(21)32-3)25(29)27-12-10-26(11-13-27)9-8-20(28)19-16-33-23-7-5-4-6-18(19)23/h4-7,14,16-17H,8-13,15H2,1-3H3. The van der Waals surface area contributed by atoms with Gasteiger partial charge in [0, 0.05) is 66.6 Å². The molecule has 8 heteroatoms. The minimum Gasteiger partial charge on any atom is -0.497 e. The molecule has 1 atom stereocenters. The summed E-state index contributed by atoms with van der Waals surface area (Å²) >= 11 is 1.61. The molecule has 1 unspecified atom stereocenters. The van der Waals surface area contributed by atoms with Gasteiger partial charge in [0.1, 0.15) is 5.76 Å². The lowest BCUT2D eigenvalue weighted by Crippen LogP contribution is -2.50. The zero-order chi connectivity index (χ0) is 23.4. The number of thiophene rings is 1.